The van der Waals surface area contributed by atoms with Crippen LogP contribution >= 0.6 is 6.64 Å². The molecule has 3 aromatic rings. The van der Waals surface area contributed by atoms with Crippen molar-refractivity contribution in [3.63, 3.8) is 0 Å². The number of aromatic amines is 1. The SMILES string of the molecule is C#C[C@H](O)C(COP(=S)(N[C@@H](C)C(=O)OC1CCCCC1)Oc1ccccc1)O[C@H](CO)n1cnc2c(=O)[nH]c(N)nc21. The maximum Gasteiger partial charge on any atom is 0.323 e. The van der Waals surface area contributed by atoms with E-state index in [0.717, 1.165) is 32.1 Å². The number of benzene rings is 1. The van der Waals surface area contributed by atoms with E-state index in [-0.39, 0.29) is 23.2 Å². The number of imidazole rings is 1. The molecule has 1 aromatic carbocycles. The number of hydrogen-bond acceptors (Lipinski definition) is 12. The van der Waals surface area contributed by atoms with Gasteiger partial charge in [-0.25, -0.2) is 10.1 Å². The third-order valence-electron chi connectivity index (χ3n) is 6.69. The summed E-state index contributed by atoms with van der Waals surface area (Å²) in [7, 11) is 0. The van der Waals surface area contributed by atoms with Crippen molar-refractivity contribution >= 4 is 41.5 Å². The van der Waals surface area contributed by atoms with Gasteiger partial charge in [-0.1, -0.05) is 30.5 Å². The fourth-order valence-corrected chi connectivity index (χ4v) is 6.90. The third kappa shape index (κ3) is 8.61. The number of aromatic nitrogens is 4. The van der Waals surface area contributed by atoms with Crippen molar-refractivity contribution in [1.29, 1.82) is 0 Å². The topological polar surface area (TPSA) is 196 Å². The Balaban J connectivity index is 1.52. The molecule has 0 amide bonds. The van der Waals surface area contributed by atoms with E-state index >= 15 is 0 Å². The summed E-state index contributed by atoms with van der Waals surface area (Å²) in [4.78, 5) is 35.5. The molecule has 5 atom stereocenters. The zero-order chi connectivity index (χ0) is 31.0. The Labute approximate surface area is 253 Å². The Bertz CT molecular complexity index is 1520. The van der Waals surface area contributed by atoms with Crippen LogP contribution in [0.5, 0.6) is 5.75 Å². The molecule has 1 saturated carbocycles. The lowest BCUT2D eigenvalue weighted by atomic mass is 9.98. The van der Waals surface area contributed by atoms with Crippen molar-refractivity contribution in [1.82, 2.24) is 24.6 Å². The van der Waals surface area contributed by atoms with Gasteiger partial charge < -0.3 is 34.5 Å². The number of rotatable bonds is 14. The number of carbonyl (C=O) groups excluding carboxylic acids is 1. The number of hydrogen-bond donors (Lipinski definition) is 5. The van der Waals surface area contributed by atoms with E-state index in [9.17, 15) is 19.8 Å². The van der Waals surface area contributed by atoms with Gasteiger partial charge in [-0.15, -0.1) is 6.42 Å². The van der Waals surface area contributed by atoms with Gasteiger partial charge in [0.25, 0.3) is 5.56 Å². The maximum absolute atomic E-state index is 12.9. The standard InChI is InChI=1S/C27H35N6O8PS/c1-3-20(35)21(40-22(14-34)33-16-29-23-24(33)30-27(28)31-25(23)36)15-38-42(43,41-19-12-8-5-9-13-19)32-17(2)26(37)39-18-10-6-4-7-11-18/h1,5,8-9,12-13,16-18,20-22,34-35H,4,6-7,10-11,14-15H2,2H3,(H,32,43)(H3,28,30,31,36)/t17-,20-,21?,22+,42?/m0/s1. The van der Waals surface area contributed by atoms with Gasteiger partial charge in [0.2, 0.25) is 5.95 Å². The van der Waals surface area contributed by atoms with Gasteiger partial charge in [-0.2, -0.15) is 4.98 Å². The van der Waals surface area contributed by atoms with Gasteiger partial charge in [0, 0.05) is 0 Å². The molecule has 1 aliphatic carbocycles. The van der Waals surface area contributed by atoms with Crippen LogP contribution < -0.4 is 20.9 Å². The van der Waals surface area contributed by atoms with E-state index in [0.29, 0.717) is 5.75 Å². The van der Waals surface area contributed by atoms with E-state index in [1.54, 1.807) is 37.3 Å². The molecule has 16 heteroatoms. The summed E-state index contributed by atoms with van der Waals surface area (Å²) in [5.41, 5.74) is 5.10. The summed E-state index contributed by atoms with van der Waals surface area (Å²) in [5, 5.41) is 23.7. The summed E-state index contributed by atoms with van der Waals surface area (Å²) < 4.78 is 25.0. The molecule has 2 unspecified atom stereocenters. The predicted molar refractivity (Wildman–Crippen MR) is 161 cm³/mol. The van der Waals surface area contributed by atoms with Crippen molar-refractivity contribution in [2.24, 2.45) is 0 Å². The number of esters is 1. The summed E-state index contributed by atoms with van der Waals surface area (Å²) in [6, 6.07) is 7.76. The van der Waals surface area contributed by atoms with Crippen molar-refractivity contribution < 1.29 is 33.5 Å². The normalized spacial score (nSPS) is 18.2. The second kappa shape index (κ2) is 14.9. The molecule has 0 aliphatic heterocycles. The van der Waals surface area contributed by atoms with Crippen LogP contribution in [0.15, 0.2) is 41.5 Å². The first-order valence-electron chi connectivity index (χ1n) is 13.7. The summed E-state index contributed by atoms with van der Waals surface area (Å²) >= 11 is 5.77. The highest BCUT2D eigenvalue weighted by Gasteiger charge is 2.33. The monoisotopic (exact) mass is 634 g/mol. The minimum absolute atomic E-state index is 0.0355. The van der Waals surface area contributed by atoms with Crippen LogP contribution in [0.1, 0.15) is 45.3 Å². The first-order chi connectivity index (χ1) is 20.6. The molecule has 4 rings (SSSR count). The Morgan fingerprint density at radius 1 is 1.33 bits per heavy atom. The number of nitrogens with two attached hydrogens (primary N) is 1. The zero-order valence-corrected chi connectivity index (χ0v) is 25.2. The van der Waals surface area contributed by atoms with Gasteiger partial charge in [-0.05, 0) is 56.5 Å². The molecular weight excluding hydrogens is 599 g/mol. The maximum atomic E-state index is 12.9. The lowest BCUT2D eigenvalue weighted by Gasteiger charge is -2.31. The number of aliphatic hydroxyl groups excluding tert-OH is 2. The fraction of sp³-hybridized carbons (Fsp3) is 0.481. The molecule has 0 saturated heterocycles. The number of anilines is 1. The van der Waals surface area contributed by atoms with E-state index in [1.807, 2.05) is 0 Å². The number of nitrogen functional groups attached to an aromatic ring is 1. The minimum Gasteiger partial charge on any atom is -0.461 e. The van der Waals surface area contributed by atoms with E-state index in [4.69, 9.17) is 42.5 Å². The second-order valence-corrected chi connectivity index (χ2v) is 13.1. The Morgan fingerprint density at radius 3 is 2.72 bits per heavy atom. The number of nitrogens with one attached hydrogen (secondary N) is 2. The molecular formula is C27H35N6O8PS. The summed E-state index contributed by atoms with van der Waals surface area (Å²) in [6.07, 6.45) is 7.32. The van der Waals surface area contributed by atoms with E-state index in [1.165, 1.54) is 10.9 Å². The molecule has 0 spiro atoms. The highest BCUT2D eigenvalue weighted by Crippen LogP contribution is 2.45. The highest BCUT2D eigenvalue weighted by atomic mass is 32.5. The average molecular weight is 635 g/mol. The van der Waals surface area contributed by atoms with Gasteiger partial charge >= 0.3 is 12.6 Å². The van der Waals surface area contributed by atoms with Crippen LogP contribution in [-0.4, -0.2) is 73.3 Å². The third-order valence-corrected chi connectivity index (χ3v) is 9.19. The summed E-state index contributed by atoms with van der Waals surface area (Å²) in [5.74, 6) is 1.90. The van der Waals surface area contributed by atoms with E-state index < -0.39 is 55.9 Å². The molecule has 1 aliphatic rings. The number of H-pyrrole nitrogens is 1. The van der Waals surface area contributed by atoms with Gasteiger partial charge in [0.1, 0.15) is 30.1 Å². The van der Waals surface area contributed by atoms with E-state index in [2.05, 4.69) is 26.0 Å². The van der Waals surface area contributed by atoms with Crippen molar-refractivity contribution in [2.75, 3.05) is 18.9 Å². The number of para-hydroxylation sites is 1. The molecule has 6 N–H and O–H groups in total. The van der Waals surface area contributed by atoms with Gasteiger partial charge in [-0.3, -0.25) is 19.1 Å². The van der Waals surface area contributed by atoms with Crippen molar-refractivity contribution in [3.05, 3.63) is 47.0 Å². The number of carbonyl (C=O) groups is 1. The predicted octanol–water partition coefficient (Wildman–Crippen LogP) is 1.75. The highest BCUT2D eigenvalue weighted by molar-refractivity contribution is 8.09. The molecule has 1 fully saturated rings. The average Bonchev–Trinajstić information content (AvgIpc) is 3.42. The van der Waals surface area contributed by atoms with Gasteiger partial charge in [0.05, 0.1) is 19.5 Å². The van der Waals surface area contributed by atoms with Crippen LogP contribution in [0.3, 0.4) is 0 Å². The second-order valence-electron chi connectivity index (χ2n) is 9.94. The van der Waals surface area contributed by atoms with Crippen LogP contribution in [0, 0.1) is 12.3 Å². The van der Waals surface area contributed by atoms with Crippen LogP contribution in [-0.2, 0) is 30.6 Å². The number of aliphatic hydroxyl groups is 2. The first-order valence-corrected chi connectivity index (χ1v) is 16.4. The Morgan fingerprint density at radius 2 is 2.05 bits per heavy atom. The van der Waals surface area contributed by atoms with Crippen LogP contribution in [0.2, 0.25) is 0 Å². The molecule has 2 aromatic heterocycles. The molecule has 0 radical (unpaired) electrons. The van der Waals surface area contributed by atoms with Crippen LogP contribution in [0.4, 0.5) is 5.95 Å². The smallest absolute Gasteiger partial charge is 0.323 e. The fourth-order valence-electron chi connectivity index (χ4n) is 4.49. The Hall–Kier alpha value is -3.35. The molecule has 2 heterocycles. The molecule has 232 valence electrons. The largest absolute Gasteiger partial charge is 0.461 e. The summed E-state index contributed by atoms with van der Waals surface area (Å²) in [6.45, 7) is -2.94. The van der Waals surface area contributed by atoms with Crippen LogP contribution in [0.25, 0.3) is 11.2 Å². The van der Waals surface area contributed by atoms with Gasteiger partial charge in [0.15, 0.2) is 17.4 Å². The first kappa shape index (κ1) is 32.6. The lowest BCUT2D eigenvalue weighted by Crippen LogP contribution is -2.39. The molecule has 43 heavy (non-hydrogen) atoms. The minimum atomic E-state index is -3.51. The number of fused-ring (bicyclic) bond motifs is 1. The zero-order valence-electron chi connectivity index (χ0n) is 23.5. The number of nitrogens with zero attached hydrogens (tertiary/aromatic N) is 3. The number of ether oxygens (including phenoxy) is 2. The Kier molecular flexibility index (Phi) is 11.3. The quantitative estimate of drug-likeness (QED) is 0.0978. The lowest BCUT2D eigenvalue weighted by molar-refractivity contribution is -0.152. The van der Waals surface area contributed by atoms with Crippen molar-refractivity contribution in [2.45, 2.75) is 69.6 Å². The molecule has 14 nitrogen and oxygen atoms in total. The number of terminal acetylenes is 1. The molecule has 0 bridgehead atoms. The van der Waals surface area contributed by atoms with Crippen molar-refractivity contribution in [3.8, 4) is 18.1 Å².